The molecule has 1 aromatic heterocycles. The van der Waals surface area contributed by atoms with Gasteiger partial charge in [-0.25, -0.2) is 4.39 Å². The molecule has 0 unspecified atom stereocenters. The third-order valence-corrected chi connectivity index (χ3v) is 3.99. The largest absolute Gasteiger partial charge is 0.378 e. The van der Waals surface area contributed by atoms with E-state index in [1.807, 2.05) is 6.92 Å². The Labute approximate surface area is 139 Å². The van der Waals surface area contributed by atoms with Crippen molar-refractivity contribution in [3.05, 3.63) is 64.3 Å². The third-order valence-electron chi connectivity index (χ3n) is 3.99. The lowest BCUT2D eigenvalue weighted by atomic mass is 10.2. The van der Waals surface area contributed by atoms with Crippen LogP contribution in [0.25, 0.3) is 0 Å². The molecule has 2 aromatic rings. The number of hydrogen-bond acceptors (Lipinski definition) is 3. The van der Waals surface area contributed by atoms with Crippen molar-refractivity contribution in [1.82, 2.24) is 4.57 Å². The topological polar surface area (TPSA) is 60.3 Å². The summed E-state index contributed by atoms with van der Waals surface area (Å²) in [5.41, 5.74) is 0.760. The van der Waals surface area contributed by atoms with Crippen molar-refractivity contribution in [3.63, 3.8) is 0 Å². The van der Waals surface area contributed by atoms with Crippen LogP contribution in [-0.4, -0.2) is 23.2 Å². The molecular formula is C18H19FN2O3. The number of carbonyl (C=O) groups is 1. The zero-order chi connectivity index (χ0) is 17.1. The van der Waals surface area contributed by atoms with Crippen molar-refractivity contribution in [1.29, 1.82) is 0 Å². The van der Waals surface area contributed by atoms with Gasteiger partial charge < -0.3 is 14.6 Å². The molecule has 1 fully saturated rings. The molecule has 0 saturated heterocycles. The summed E-state index contributed by atoms with van der Waals surface area (Å²) in [5, 5.41) is 2.68. The number of ether oxygens (including phenoxy) is 1. The molecule has 1 heterocycles. The molecule has 1 amide bonds. The molecule has 1 aliphatic rings. The number of halogens is 1. The first-order chi connectivity index (χ1) is 11.6. The van der Waals surface area contributed by atoms with E-state index in [2.05, 4.69) is 5.32 Å². The lowest BCUT2D eigenvalue weighted by Crippen LogP contribution is -2.27. The summed E-state index contributed by atoms with van der Waals surface area (Å²) < 4.78 is 19.8. The molecular weight excluding hydrogens is 311 g/mol. The summed E-state index contributed by atoms with van der Waals surface area (Å²) in [7, 11) is 0. The highest BCUT2D eigenvalue weighted by Crippen LogP contribution is 2.34. The summed E-state index contributed by atoms with van der Waals surface area (Å²) in [6.07, 6.45) is 2.29. The minimum Gasteiger partial charge on any atom is -0.378 e. The summed E-state index contributed by atoms with van der Waals surface area (Å²) in [6.45, 7) is 2.77. The van der Waals surface area contributed by atoms with Crippen LogP contribution >= 0.6 is 0 Å². The highest BCUT2D eigenvalue weighted by molar-refractivity contribution is 5.94. The molecule has 2 atom stereocenters. The first-order valence-corrected chi connectivity index (χ1v) is 7.95. The van der Waals surface area contributed by atoms with E-state index in [0.717, 1.165) is 5.56 Å². The van der Waals surface area contributed by atoms with E-state index in [1.165, 1.54) is 16.7 Å². The zero-order valence-corrected chi connectivity index (χ0v) is 13.4. The minimum atomic E-state index is -0.319. The number of carbonyl (C=O) groups excluding carboxylic acids is 1. The van der Waals surface area contributed by atoms with Crippen molar-refractivity contribution in [2.24, 2.45) is 5.92 Å². The van der Waals surface area contributed by atoms with Gasteiger partial charge in [-0.2, -0.15) is 0 Å². The monoisotopic (exact) mass is 330 g/mol. The fourth-order valence-corrected chi connectivity index (χ4v) is 2.61. The number of nitrogens with one attached hydrogen (secondary N) is 1. The van der Waals surface area contributed by atoms with Gasteiger partial charge in [0, 0.05) is 12.8 Å². The quantitative estimate of drug-likeness (QED) is 0.885. The summed E-state index contributed by atoms with van der Waals surface area (Å²) >= 11 is 0. The number of hydrogen-bond donors (Lipinski definition) is 1. The van der Waals surface area contributed by atoms with Crippen LogP contribution in [-0.2, 0) is 16.1 Å². The molecule has 0 bridgehead atoms. The van der Waals surface area contributed by atoms with E-state index >= 15 is 0 Å². The van der Waals surface area contributed by atoms with Crippen LogP contribution in [0.3, 0.4) is 0 Å². The van der Waals surface area contributed by atoms with E-state index in [9.17, 15) is 14.0 Å². The summed E-state index contributed by atoms with van der Waals surface area (Å²) in [5.74, 6) is -0.694. The highest BCUT2D eigenvalue weighted by Gasteiger charge is 2.44. The molecule has 0 spiro atoms. The second-order valence-corrected chi connectivity index (χ2v) is 5.81. The number of amides is 1. The molecule has 1 N–H and O–H groups in total. The fraction of sp³-hybridized carbons (Fsp3) is 0.333. The summed E-state index contributed by atoms with van der Waals surface area (Å²) in [4.78, 5) is 24.6. The van der Waals surface area contributed by atoms with Gasteiger partial charge in [-0.3, -0.25) is 9.59 Å². The maximum atomic E-state index is 13.0. The Bertz CT molecular complexity index is 786. The van der Waals surface area contributed by atoms with Gasteiger partial charge in [0.05, 0.1) is 18.6 Å². The van der Waals surface area contributed by atoms with Gasteiger partial charge in [0.2, 0.25) is 5.91 Å². The fourth-order valence-electron chi connectivity index (χ4n) is 2.61. The van der Waals surface area contributed by atoms with E-state index in [-0.39, 0.29) is 35.0 Å². The molecule has 3 rings (SSSR count). The lowest BCUT2D eigenvalue weighted by Gasteiger charge is -2.09. The van der Waals surface area contributed by atoms with Gasteiger partial charge in [-0.1, -0.05) is 12.1 Å². The van der Waals surface area contributed by atoms with Crippen molar-refractivity contribution < 1.29 is 13.9 Å². The Morgan fingerprint density at radius 3 is 2.79 bits per heavy atom. The van der Waals surface area contributed by atoms with E-state index in [0.29, 0.717) is 19.6 Å². The number of nitrogens with zero attached hydrogens (tertiary/aromatic N) is 1. The number of anilines is 1. The van der Waals surface area contributed by atoms with E-state index in [1.54, 1.807) is 30.5 Å². The van der Waals surface area contributed by atoms with Crippen LogP contribution in [0.1, 0.15) is 18.9 Å². The zero-order valence-electron chi connectivity index (χ0n) is 13.4. The van der Waals surface area contributed by atoms with Gasteiger partial charge in [0.15, 0.2) is 0 Å². The van der Waals surface area contributed by atoms with Gasteiger partial charge >= 0.3 is 0 Å². The van der Waals surface area contributed by atoms with E-state index < -0.39 is 0 Å². The standard InChI is InChI=1S/C18H19FN2O3/c1-2-24-16-10-14(16)17(22)20-15-4-3-9-21(18(15)23)11-12-5-7-13(19)8-6-12/h3-9,14,16H,2,10-11H2,1H3,(H,20,22)/t14-,16-/m1/s1. The van der Waals surface area contributed by atoms with E-state index in [4.69, 9.17) is 4.74 Å². The lowest BCUT2D eigenvalue weighted by molar-refractivity contribution is -0.118. The Balaban J connectivity index is 1.70. The summed E-state index contributed by atoms with van der Waals surface area (Å²) in [6, 6.07) is 9.25. The van der Waals surface area contributed by atoms with Crippen molar-refractivity contribution in [2.75, 3.05) is 11.9 Å². The Kier molecular flexibility index (Phi) is 4.76. The van der Waals surface area contributed by atoms with Crippen molar-refractivity contribution in [2.45, 2.75) is 26.0 Å². The second kappa shape index (κ2) is 6.97. The molecule has 6 heteroatoms. The molecule has 5 nitrogen and oxygen atoms in total. The minimum absolute atomic E-state index is 0.0415. The second-order valence-electron chi connectivity index (χ2n) is 5.81. The van der Waals surface area contributed by atoms with Crippen LogP contribution in [0.4, 0.5) is 10.1 Å². The highest BCUT2D eigenvalue weighted by atomic mass is 19.1. The molecule has 0 radical (unpaired) electrons. The Hall–Kier alpha value is -2.47. The molecule has 1 aliphatic carbocycles. The van der Waals surface area contributed by atoms with Crippen molar-refractivity contribution in [3.8, 4) is 0 Å². The van der Waals surface area contributed by atoms with Crippen LogP contribution in [0, 0.1) is 11.7 Å². The van der Waals surface area contributed by atoms with Crippen molar-refractivity contribution >= 4 is 11.6 Å². The predicted molar refractivity (Wildman–Crippen MR) is 88.4 cm³/mol. The number of aromatic nitrogens is 1. The SMILES string of the molecule is CCO[C@@H]1C[C@H]1C(=O)Nc1cccn(Cc2ccc(F)cc2)c1=O. The number of rotatable bonds is 6. The molecule has 24 heavy (non-hydrogen) atoms. The van der Waals surface area contributed by atoms with Gasteiger partial charge in [-0.15, -0.1) is 0 Å². The van der Waals surface area contributed by atoms with Crippen LogP contribution in [0.5, 0.6) is 0 Å². The first kappa shape index (κ1) is 16.4. The molecule has 1 saturated carbocycles. The van der Waals surface area contributed by atoms with Crippen LogP contribution in [0.2, 0.25) is 0 Å². The molecule has 1 aromatic carbocycles. The number of benzene rings is 1. The smallest absolute Gasteiger partial charge is 0.274 e. The third kappa shape index (κ3) is 3.71. The van der Waals surface area contributed by atoms with Gasteiger partial charge in [-0.05, 0) is 43.2 Å². The Morgan fingerprint density at radius 1 is 1.33 bits per heavy atom. The van der Waals surface area contributed by atoms with Gasteiger partial charge in [0.1, 0.15) is 11.5 Å². The van der Waals surface area contributed by atoms with Crippen LogP contribution < -0.4 is 10.9 Å². The normalized spacial score (nSPS) is 19.1. The first-order valence-electron chi connectivity index (χ1n) is 7.95. The molecule has 126 valence electrons. The predicted octanol–water partition coefficient (Wildman–Crippen LogP) is 2.40. The average molecular weight is 330 g/mol. The maximum absolute atomic E-state index is 13.0. The maximum Gasteiger partial charge on any atom is 0.274 e. The average Bonchev–Trinajstić information content (AvgIpc) is 3.33. The number of pyridine rings is 1. The van der Waals surface area contributed by atoms with Crippen LogP contribution in [0.15, 0.2) is 47.4 Å². The molecule has 0 aliphatic heterocycles. The Morgan fingerprint density at radius 2 is 2.08 bits per heavy atom. The van der Waals surface area contributed by atoms with Gasteiger partial charge in [0.25, 0.3) is 5.56 Å².